The smallest absolute Gasteiger partial charge is 0.135 e. The average Bonchev–Trinajstić information content (AvgIpc) is 3.19. The van der Waals surface area contributed by atoms with Crippen LogP contribution in [0.1, 0.15) is 25.1 Å². The summed E-state index contributed by atoms with van der Waals surface area (Å²) in [5, 5.41) is 13.3. The molecule has 0 saturated heterocycles. The third kappa shape index (κ3) is 2.41. The van der Waals surface area contributed by atoms with E-state index in [2.05, 4.69) is 33.5 Å². The zero-order chi connectivity index (χ0) is 14.9. The van der Waals surface area contributed by atoms with Crippen LogP contribution in [0, 0.1) is 5.92 Å². The van der Waals surface area contributed by atoms with E-state index in [0.29, 0.717) is 5.69 Å². The van der Waals surface area contributed by atoms with Gasteiger partial charge in [0.25, 0.3) is 0 Å². The van der Waals surface area contributed by atoms with E-state index in [-0.39, 0.29) is 5.92 Å². The number of thiophene rings is 1. The summed E-state index contributed by atoms with van der Waals surface area (Å²) in [6.45, 7) is 4.01. The van der Waals surface area contributed by atoms with Crippen LogP contribution in [-0.4, -0.2) is 15.1 Å². The largest absolute Gasteiger partial charge is 0.378 e. The van der Waals surface area contributed by atoms with Crippen molar-refractivity contribution in [3.05, 3.63) is 65.6 Å². The lowest BCUT2D eigenvalue weighted by atomic mass is 9.80. The molecule has 0 aliphatic rings. The molecule has 0 aliphatic carbocycles. The zero-order valence-corrected chi connectivity index (χ0v) is 12.9. The molecule has 0 aliphatic heterocycles. The highest BCUT2D eigenvalue weighted by Gasteiger charge is 2.37. The minimum Gasteiger partial charge on any atom is -0.378 e. The van der Waals surface area contributed by atoms with Gasteiger partial charge in [-0.05, 0) is 34.6 Å². The second-order valence-electron chi connectivity index (χ2n) is 5.43. The Morgan fingerprint density at radius 2 is 2.10 bits per heavy atom. The first-order valence-corrected chi connectivity index (χ1v) is 7.86. The van der Waals surface area contributed by atoms with E-state index in [1.54, 1.807) is 23.9 Å². The first kappa shape index (κ1) is 14.0. The summed E-state index contributed by atoms with van der Waals surface area (Å²) >= 11 is 1.70. The van der Waals surface area contributed by atoms with Gasteiger partial charge in [-0.15, -0.1) is 11.3 Å². The van der Waals surface area contributed by atoms with Gasteiger partial charge in [0.1, 0.15) is 5.60 Å². The summed E-state index contributed by atoms with van der Waals surface area (Å²) < 4.78 is 0. The molecule has 2 aromatic heterocycles. The Morgan fingerprint density at radius 1 is 1.24 bits per heavy atom. The molecule has 0 spiro atoms. The number of aromatic amines is 1. The van der Waals surface area contributed by atoms with Crippen LogP contribution in [-0.2, 0) is 5.60 Å². The Labute approximate surface area is 128 Å². The Hall–Kier alpha value is -1.91. The molecular weight excluding hydrogens is 280 g/mol. The highest BCUT2D eigenvalue weighted by Crippen LogP contribution is 2.37. The van der Waals surface area contributed by atoms with Gasteiger partial charge in [-0.3, -0.25) is 0 Å². The quantitative estimate of drug-likeness (QED) is 0.764. The molecule has 0 bridgehead atoms. The van der Waals surface area contributed by atoms with Gasteiger partial charge in [-0.25, -0.2) is 4.98 Å². The highest BCUT2D eigenvalue weighted by atomic mass is 32.1. The first-order valence-electron chi connectivity index (χ1n) is 6.98. The maximum Gasteiger partial charge on any atom is 0.135 e. The van der Waals surface area contributed by atoms with Crippen LogP contribution in [0.3, 0.4) is 0 Å². The number of benzene rings is 1. The molecule has 3 aromatic rings. The molecular formula is C17H18N2OS. The second-order valence-corrected chi connectivity index (χ2v) is 6.38. The monoisotopic (exact) mass is 298 g/mol. The highest BCUT2D eigenvalue weighted by molar-refractivity contribution is 7.13. The minimum atomic E-state index is -1.09. The molecule has 4 heteroatoms. The second kappa shape index (κ2) is 5.47. The van der Waals surface area contributed by atoms with Crippen molar-refractivity contribution in [2.75, 3.05) is 0 Å². The van der Waals surface area contributed by atoms with Crippen LogP contribution < -0.4 is 0 Å². The number of imidazole rings is 1. The lowest BCUT2D eigenvalue weighted by Gasteiger charge is -2.31. The van der Waals surface area contributed by atoms with Crippen molar-refractivity contribution in [1.82, 2.24) is 9.97 Å². The zero-order valence-electron chi connectivity index (χ0n) is 12.1. The number of H-pyrrole nitrogens is 1. The van der Waals surface area contributed by atoms with E-state index in [4.69, 9.17) is 0 Å². The molecule has 2 heterocycles. The standard InChI is InChI=1S/C17H18N2OS/c1-12(2)17(20,16-10-18-11-19-16)14-6-3-5-13(9-14)15-7-4-8-21-15/h3-12,20H,1-2H3,(H,18,19). The van der Waals surface area contributed by atoms with Crippen LogP contribution in [0.25, 0.3) is 10.4 Å². The maximum atomic E-state index is 11.3. The molecule has 21 heavy (non-hydrogen) atoms. The van der Waals surface area contributed by atoms with Gasteiger partial charge in [-0.2, -0.15) is 0 Å². The molecule has 0 amide bonds. The molecule has 3 rings (SSSR count). The van der Waals surface area contributed by atoms with E-state index in [1.807, 2.05) is 32.0 Å². The third-order valence-electron chi connectivity index (χ3n) is 3.83. The van der Waals surface area contributed by atoms with E-state index >= 15 is 0 Å². The van der Waals surface area contributed by atoms with Crippen molar-refractivity contribution in [2.24, 2.45) is 5.92 Å². The van der Waals surface area contributed by atoms with E-state index < -0.39 is 5.60 Å². The van der Waals surface area contributed by atoms with Crippen LogP contribution in [0.4, 0.5) is 0 Å². The maximum absolute atomic E-state index is 11.3. The SMILES string of the molecule is CC(C)C(O)(c1cccc(-c2cccs2)c1)c1c[nH]cn1. The number of rotatable bonds is 4. The third-order valence-corrected chi connectivity index (χ3v) is 4.75. The van der Waals surface area contributed by atoms with Gasteiger partial charge in [0.05, 0.1) is 12.0 Å². The summed E-state index contributed by atoms with van der Waals surface area (Å²) in [6, 6.07) is 12.2. The number of hydrogen-bond donors (Lipinski definition) is 2. The molecule has 108 valence electrons. The van der Waals surface area contributed by atoms with Gasteiger partial charge >= 0.3 is 0 Å². The molecule has 0 radical (unpaired) electrons. The van der Waals surface area contributed by atoms with Crippen LogP contribution in [0.15, 0.2) is 54.3 Å². The Morgan fingerprint density at radius 3 is 2.71 bits per heavy atom. The van der Waals surface area contributed by atoms with Crippen LogP contribution in [0.5, 0.6) is 0 Å². The summed E-state index contributed by atoms with van der Waals surface area (Å²) in [7, 11) is 0. The molecule has 1 unspecified atom stereocenters. The number of aromatic nitrogens is 2. The Balaban J connectivity index is 2.11. The lowest BCUT2D eigenvalue weighted by Crippen LogP contribution is -2.33. The molecule has 0 saturated carbocycles. The number of nitrogens with zero attached hydrogens (tertiary/aromatic N) is 1. The van der Waals surface area contributed by atoms with Crippen molar-refractivity contribution >= 4 is 11.3 Å². The summed E-state index contributed by atoms with van der Waals surface area (Å²) in [4.78, 5) is 8.41. The van der Waals surface area contributed by atoms with Crippen molar-refractivity contribution in [1.29, 1.82) is 0 Å². The molecule has 1 aromatic carbocycles. The predicted molar refractivity (Wildman–Crippen MR) is 86.2 cm³/mol. The van der Waals surface area contributed by atoms with Gasteiger partial charge < -0.3 is 10.1 Å². The van der Waals surface area contributed by atoms with Gasteiger partial charge in [0, 0.05) is 11.1 Å². The van der Waals surface area contributed by atoms with E-state index in [0.717, 1.165) is 11.1 Å². The van der Waals surface area contributed by atoms with Gasteiger partial charge in [0.2, 0.25) is 0 Å². The Bertz CT molecular complexity index is 704. The topological polar surface area (TPSA) is 48.9 Å². The average molecular weight is 298 g/mol. The molecule has 2 N–H and O–H groups in total. The molecule has 0 fully saturated rings. The Kier molecular flexibility index (Phi) is 3.66. The fourth-order valence-corrected chi connectivity index (χ4v) is 3.32. The fraction of sp³-hybridized carbons (Fsp3) is 0.235. The number of aliphatic hydroxyl groups is 1. The lowest BCUT2D eigenvalue weighted by molar-refractivity contribution is 0.0280. The van der Waals surface area contributed by atoms with E-state index in [9.17, 15) is 5.11 Å². The van der Waals surface area contributed by atoms with Gasteiger partial charge in [-0.1, -0.05) is 38.1 Å². The summed E-state index contributed by atoms with van der Waals surface area (Å²) in [5.74, 6) is 0.0133. The van der Waals surface area contributed by atoms with Gasteiger partial charge in [0.15, 0.2) is 0 Å². The minimum absolute atomic E-state index is 0.0133. The van der Waals surface area contributed by atoms with Crippen molar-refractivity contribution < 1.29 is 5.11 Å². The normalized spacial score (nSPS) is 14.3. The van der Waals surface area contributed by atoms with Crippen molar-refractivity contribution in [2.45, 2.75) is 19.4 Å². The first-order chi connectivity index (χ1) is 10.1. The van der Waals surface area contributed by atoms with Crippen molar-refractivity contribution in [3.8, 4) is 10.4 Å². The summed E-state index contributed by atoms with van der Waals surface area (Å²) in [6.07, 6.45) is 3.36. The summed E-state index contributed by atoms with van der Waals surface area (Å²) in [5.41, 5.74) is 1.56. The number of hydrogen-bond acceptors (Lipinski definition) is 3. The van der Waals surface area contributed by atoms with Crippen LogP contribution >= 0.6 is 11.3 Å². The van der Waals surface area contributed by atoms with E-state index in [1.165, 1.54) is 4.88 Å². The molecule has 1 atom stereocenters. The fourth-order valence-electron chi connectivity index (χ4n) is 2.60. The van der Waals surface area contributed by atoms with Crippen LogP contribution in [0.2, 0.25) is 0 Å². The molecule has 3 nitrogen and oxygen atoms in total. The van der Waals surface area contributed by atoms with Crippen molar-refractivity contribution in [3.63, 3.8) is 0 Å². The number of nitrogens with one attached hydrogen (secondary N) is 1. The predicted octanol–water partition coefficient (Wildman–Crippen LogP) is 4.03.